The maximum atomic E-state index is 12.9. The molecule has 1 aliphatic carbocycles. The van der Waals surface area contributed by atoms with Crippen LogP contribution in [0, 0.1) is 6.92 Å². The number of thiazole rings is 1. The number of hydrogen-bond acceptors (Lipinski definition) is 5. The number of fused-ring (bicyclic) bond motifs is 2. The summed E-state index contributed by atoms with van der Waals surface area (Å²) in [4.78, 5) is 23.1. The summed E-state index contributed by atoms with van der Waals surface area (Å²) < 4.78 is 3.73. The van der Waals surface area contributed by atoms with E-state index in [1.807, 2.05) is 42.2 Å². The highest BCUT2D eigenvalue weighted by molar-refractivity contribution is 7.15. The van der Waals surface area contributed by atoms with Crippen LogP contribution in [0.5, 0.6) is 0 Å². The molecular formula is C18H18N6OS. The highest BCUT2D eigenvalue weighted by Crippen LogP contribution is 2.40. The Balaban J connectivity index is 1.48. The molecule has 8 heteroatoms. The summed E-state index contributed by atoms with van der Waals surface area (Å²) in [7, 11) is 1.87. The minimum atomic E-state index is -0.105. The Morgan fingerprint density at radius 1 is 1.38 bits per heavy atom. The second kappa shape index (κ2) is 5.63. The Kier molecular flexibility index (Phi) is 3.36. The third-order valence-corrected chi connectivity index (χ3v) is 5.57. The number of nitrogens with one attached hydrogen (secondary N) is 1. The molecule has 0 unspecified atom stereocenters. The highest BCUT2D eigenvalue weighted by Gasteiger charge is 2.28. The van der Waals surface area contributed by atoms with E-state index in [0.29, 0.717) is 18.0 Å². The molecule has 4 aromatic rings. The second-order valence-corrected chi connectivity index (χ2v) is 7.66. The van der Waals surface area contributed by atoms with E-state index in [4.69, 9.17) is 4.98 Å². The van der Waals surface area contributed by atoms with Gasteiger partial charge in [0.05, 0.1) is 28.9 Å². The molecular weight excluding hydrogens is 348 g/mol. The molecule has 1 fully saturated rings. The molecule has 1 aliphatic rings. The molecule has 4 aromatic heterocycles. The number of aromatic nitrogens is 5. The van der Waals surface area contributed by atoms with E-state index >= 15 is 0 Å². The fourth-order valence-electron chi connectivity index (χ4n) is 3.36. The summed E-state index contributed by atoms with van der Waals surface area (Å²) in [5.74, 6) is 0.368. The number of carbonyl (C=O) groups is 1. The lowest BCUT2D eigenvalue weighted by molar-refractivity contribution is 0.0952. The van der Waals surface area contributed by atoms with Crippen LogP contribution in [-0.2, 0) is 13.6 Å². The van der Waals surface area contributed by atoms with Gasteiger partial charge in [-0.2, -0.15) is 5.10 Å². The molecule has 0 bridgehead atoms. The van der Waals surface area contributed by atoms with Crippen molar-refractivity contribution in [3.63, 3.8) is 0 Å². The van der Waals surface area contributed by atoms with Crippen LogP contribution in [0.15, 0.2) is 23.8 Å². The SMILES string of the molecule is Cc1nn(C)c2nc(C3CC3)cc(C(=O)NCc3cn4ccsc4n3)c12. The van der Waals surface area contributed by atoms with Gasteiger partial charge in [0, 0.05) is 36.4 Å². The minimum absolute atomic E-state index is 0.105. The molecule has 0 aliphatic heterocycles. The van der Waals surface area contributed by atoms with Gasteiger partial charge in [-0.25, -0.2) is 9.97 Å². The Labute approximate surface area is 153 Å². The minimum Gasteiger partial charge on any atom is -0.346 e. The molecule has 0 atom stereocenters. The van der Waals surface area contributed by atoms with Crippen LogP contribution in [0.4, 0.5) is 0 Å². The lowest BCUT2D eigenvalue weighted by Crippen LogP contribution is -2.23. The van der Waals surface area contributed by atoms with Gasteiger partial charge in [-0.3, -0.25) is 13.9 Å². The van der Waals surface area contributed by atoms with Crippen LogP contribution in [0.3, 0.4) is 0 Å². The molecule has 0 radical (unpaired) electrons. The maximum absolute atomic E-state index is 12.9. The zero-order valence-electron chi connectivity index (χ0n) is 14.6. The first kappa shape index (κ1) is 15.5. The molecule has 7 nitrogen and oxygen atoms in total. The number of amides is 1. The smallest absolute Gasteiger partial charge is 0.252 e. The molecule has 1 N–H and O–H groups in total. The van der Waals surface area contributed by atoms with Crippen molar-refractivity contribution < 1.29 is 4.79 Å². The summed E-state index contributed by atoms with van der Waals surface area (Å²) in [5, 5.41) is 10.3. The Morgan fingerprint density at radius 3 is 3.00 bits per heavy atom. The van der Waals surface area contributed by atoms with E-state index in [2.05, 4.69) is 15.4 Å². The van der Waals surface area contributed by atoms with Gasteiger partial charge in [0.1, 0.15) is 0 Å². The van der Waals surface area contributed by atoms with Gasteiger partial charge in [-0.1, -0.05) is 0 Å². The average molecular weight is 366 g/mol. The van der Waals surface area contributed by atoms with E-state index in [0.717, 1.165) is 45.9 Å². The molecule has 1 saturated carbocycles. The van der Waals surface area contributed by atoms with Gasteiger partial charge in [-0.15, -0.1) is 11.3 Å². The van der Waals surface area contributed by atoms with Crippen LogP contribution >= 0.6 is 11.3 Å². The van der Waals surface area contributed by atoms with E-state index < -0.39 is 0 Å². The fraction of sp³-hybridized carbons (Fsp3) is 0.333. The number of carbonyl (C=O) groups excluding carboxylic acids is 1. The van der Waals surface area contributed by atoms with Crippen molar-refractivity contribution in [3.05, 3.63) is 46.5 Å². The fourth-order valence-corrected chi connectivity index (χ4v) is 4.08. The summed E-state index contributed by atoms with van der Waals surface area (Å²) in [6.07, 6.45) is 6.19. The Hall–Kier alpha value is -2.74. The number of imidazole rings is 1. The predicted molar refractivity (Wildman–Crippen MR) is 99.5 cm³/mol. The van der Waals surface area contributed by atoms with E-state index in [-0.39, 0.29) is 5.91 Å². The van der Waals surface area contributed by atoms with Crippen LogP contribution in [0.25, 0.3) is 16.0 Å². The Morgan fingerprint density at radius 2 is 2.23 bits per heavy atom. The Bertz CT molecular complexity index is 1120. The van der Waals surface area contributed by atoms with Crippen molar-refractivity contribution in [1.82, 2.24) is 29.5 Å². The average Bonchev–Trinajstić information content (AvgIpc) is 3.17. The second-order valence-electron chi connectivity index (χ2n) is 6.78. The van der Waals surface area contributed by atoms with E-state index in [9.17, 15) is 4.79 Å². The van der Waals surface area contributed by atoms with Crippen LogP contribution in [0.2, 0.25) is 0 Å². The lowest BCUT2D eigenvalue weighted by Gasteiger charge is -2.08. The summed E-state index contributed by atoms with van der Waals surface area (Å²) in [5.41, 5.74) is 4.10. The number of aryl methyl sites for hydroxylation is 2. The van der Waals surface area contributed by atoms with Gasteiger partial charge >= 0.3 is 0 Å². The third kappa shape index (κ3) is 2.48. The zero-order chi connectivity index (χ0) is 17.8. The van der Waals surface area contributed by atoms with Crippen molar-refractivity contribution in [2.75, 3.05) is 0 Å². The zero-order valence-corrected chi connectivity index (χ0v) is 15.4. The number of hydrogen-bond donors (Lipinski definition) is 1. The topological polar surface area (TPSA) is 77.1 Å². The predicted octanol–water partition coefficient (Wildman–Crippen LogP) is 2.79. The largest absolute Gasteiger partial charge is 0.346 e. The first-order valence-electron chi connectivity index (χ1n) is 8.63. The molecule has 1 amide bonds. The van der Waals surface area contributed by atoms with Crippen molar-refractivity contribution in [2.24, 2.45) is 7.05 Å². The number of nitrogens with zero attached hydrogens (tertiary/aromatic N) is 5. The molecule has 5 rings (SSSR count). The van der Waals surface area contributed by atoms with Crippen LogP contribution < -0.4 is 5.32 Å². The molecule has 4 heterocycles. The first-order valence-corrected chi connectivity index (χ1v) is 9.51. The van der Waals surface area contributed by atoms with Gasteiger partial charge in [0.15, 0.2) is 10.6 Å². The van der Waals surface area contributed by atoms with Gasteiger partial charge in [0.2, 0.25) is 0 Å². The van der Waals surface area contributed by atoms with Gasteiger partial charge < -0.3 is 5.32 Å². The van der Waals surface area contributed by atoms with Crippen LogP contribution in [-0.4, -0.2) is 30.1 Å². The van der Waals surface area contributed by atoms with Crippen molar-refractivity contribution in [1.29, 1.82) is 0 Å². The molecule has 0 spiro atoms. The third-order valence-electron chi connectivity index (χ3n) is 4.80. The van der Waals surface area contributed by atoms with Crippen molar-refractivity contribution >= 4 is 33.2 Å². The van der Waals surface area contributed by atoms with Crippen molar-refractivity contribution in [2.45, 2.75) is 32.2 Å². The normalized spacial score (nSPS) is 14.4. The summed E-state index contributed by atoms with van der Waals surface area (Å²) in [6.45, 7) is 2.32. The molecule has 0 aromatic carbocycles. The number of pyridine rings is 1. The van der Waals surface area contributed by atoms with Gasteiger partial charge in [0.25, 0.3) is 5.91 Å². The monoisotopic (exact) mass is 366 g/mol. The quantitative estimate of drug-likeness (QED) is 0.602. The number of rotatable bonds is 4. The highest BCUT2D eigenvalue weighted by atomic mass is 32.1. The first-order chi connectivity index (χ1) is 12.6. The summed E-state index contributed by atoms with van der Waals surface area (Å²) >= 11 is 1.58. The van der Waals surface area contributed by atoms with E-state index in [1.54, 1.807) is 16.0 Å². The van der Waals surface area contributed by atoms with E-state index in [1.165, 1.54) is 0 Å². The molecule has 26 heavy (non-hydrogen) atoms. The maximum Gasteiger partial charge on any atom is 0.252 e. The molecule has 132 valence electrons. The lowest BCUT2D eigenvalue weighted by atomic mass is 10.1. The standard InChI is InChI=1S/C18H18N6OS/c1-10-15-13(7-14(11-3-4-11)21-16(15)23(2)22-10)17(25)19-8-12-9-24-5-6-26-18(24)20-12/h5-7,9,11H,3-4,8H2,1-2H3,(H,19,25). The summed E-state index contributed by atoms with van der Waals surface area (Å²) in [6, 6.07) is 1.94. The van der Waals surface area contributed by atoms with Crippen LogP contribution in [0.1, 0.15) is 46.2 Å². The van der Waals surface area contributed by atoms with Crippen molar-refractivity contribution in [3.8, 4) is 0 Å². The van der Waals surface area contributed by atoms with Gasteiger partial charge in [-0.05, 0) is 25.8 Å². The molecule has 0 saturated heterocycles.